The number of carbonyl (C=O) groups excluding carboxylic acids is 2. The predicted octanol–water partition coefficient (Wildman–Crippen LogP) is 5.71. The van der Waals surface area contributed by atoms with Gasteiger partial charge in [-0.2, -0.15) is 0 Å². The summed E-state index contributed by atoms with van der Waals surface area (Å²) in [7, 11) is -2.75. The summed E-state index contributed by atoms with van der Waals surface area (Å²) >= 11 is 6.28. The number of anilines is 1. The van der Waals surface area contributed by atoms with Crippen molar-refractivity contribution in [2.75, 3.05) is 24.5 Å². The van der Waals surface area contributed by atoms with E-state index >= 15 is 0 Å². The van der Waals surface area contributed by atoms with Crippen molar-refractivity contribution >= 4 is 39.1 Å². The van der Waals surface area contributed by atoms with Crippen molar-refractivity contribution in [3.8, 4) is 5.75 Å². The summed E-state index contributed by atoms with van der Waals surface area (Å²) in [6.45, 7) is 1.93. The Morgan fingerprint density at radius 1 is 0.864 bits per heavy atom. The fraction of sp³-hybridized carbons (Fsp3) is 0.235. The van der Waals surface area contributed by atoms with Crippen molar-refractivity contribution in [3.63, 3.8) is 0 Å². The molecular weight excluding hydrogens is 598 g/mol. The van der Waals surface area contributed by atoms with E-state index in [1.807, 2.05) is 67.6 Å². The fourth-order valence-electron chi connectivity index (χ4n) is 4.73. The molecule has 2 amide bonds. The second kappa shape index (κ2) is 15.4. The van der Waals surface area contributed by atoms with Crippen molar-refractivity contribution in [2.24, 2.45) is 0 Å². The number of carbonyl (C=O) groups is 2. The van der Waals surface area contributed by atoms with Crippen molar-refractivity contribution in [2.45, 2.75) is 37.2 Å². The Morgan fingerprint density at radius 2 is 1.50 bits per heavy atom. The molecule has 10 heteroatoms. The summed E-state index contributed by atoms with van der Waals surface area (Å²) in [5.74, 6) is -0.365. The van der Waals surface area contributed by atoms with Gasteiger partial charge in [-0.1, -0.05) is 85.3 Å². The van der Waals surface area contributed by atoms with Gasteiger partial charge in [-0.3, -0.25) is 13.9 Å². The third-order valence-corrected chi connectivity index (χ3v) is 9.06. The highest BCUT2D eigenvalue weighted by Crippen LogP contribution is 2.28. The summed E-state index contributed by atoms with van der Waals surface area (Å²) in [4.78, 5) is 29.5. The van der Waals surface area contributed by atoms with Gasteiger partial charge in [0.2, 0.25) is 11.8 Å². The minimum Gasteiger partial charge on any atom is -0.497 e. The molecule has 0 bridgehead atoms. The first-order valence-electron chi connectivity index (χ1n) is 14.3. The molecule has 0 saturated carbocycles. The van der Waals surface area contributed by atoms with Crippen LogP contribution < -0.4 is 14.4 Å². The van der Waals surface area contributed by atoms with Gasteiger partial charge in [0, 0.05) is 24.5 Å². The van der Waals surface area contributed by atoms with E-state index in [0.29, 0.717) is 17.3 Å². The van der Waals surface area contributed by atoms with Gasteiger partial charge in [-0.15, -0.1) is 0 Å². The number of methoxy groups -OCH3 is 1. The number of sulfonamides is 1. The molecule has 0 unspecified atom stereocenters. The number of amides is 2. The molecule has 230 valence electrons. The van der Waals surface area contributed by atoms with Crippen LogP contribution in [0.25, 0.3) is 0 Å². The lowest BCUT2D eigenvalue weighted by molar-refractivity contribution is -0.140. The first-order valence-corrected chi connectivity index (χ1v) is 16.1. The second-order valence-corrected chi connectivity index (χ2v) is 12.5. The third kappa shape index (κ3) is 8.39. The van der Waals surface area contributed by atoms with Gasteiger partial charge < -0.3 is 15.0 Å². The first-order chi connectivity index (χ1) is 21.2. The minimum atomic E-state index is -4.25. The van der Waals surface area contributed by atoms with Crippen molar-refractivity contribution in [1.82, 2.24) is 10.2 Å². The molecule has 4 aromatic carbocycles. The van der Waals surface area contributed by atoms with Crippen LogP contribution in [0.15, 0.2) is 114 Å². The molecule has 0 heterocycles. The monoisotopic (exact) mass is 633 g/mol. The highest BCUT2D eigenvalue weighted by Gasteiger charge is 2.34. The van der Waals surface area contributed by atoms with E-state index in [2.05, 4.69) is 5.32 Å². The molecule has 8 nitrogen and oxygen atoms in total. The maximum atomic E-state index is 14.4. The average molecular weight is 634 g/mol. The van der Waals surface area contributed by atoms with E-state index < -0.39 is 28.5 Å². The zero-order valence-corrected chi connectivity index (χ0v) is 26.3. The van der Waals surface area contributed by atoms with Crippen molar-refractivity contribution in [3.05, 3.63) is 125 Å². The standard InChI is InChI=1S/C34H36ClN3O5S/c1-3-21-36-34(40)32(22-26-11-6-4-7-12-26)37(24-27-13-8-5-9-14-27)33(39)25-38(29-16-10-15-28(35)23-29)44(41,42)31-19-17-30(43-2)18-20-31/h4-20,23,32H,3,21-22,24-25H2,1-2H3,(H,36,40)/t32-/m0/s1. The highest BCUT2D eigenvalue weighted by atomic mass is 35.5. The summed E-state index contributed by atoms with van der Waals surface area (Å²) in [6, 6.07) is 30.1. The van der Waals surface area contributed by atoms with Crippen LogP contribution in [0.2, 0.25) is 5.02 Å². The Morgan fingerprint density at radius 3 is 2.09 bits per heavy atom. The summed E-state index contributed by atoms with van der Waals surface area (Å²) < 4.78 is 34.4. The van der Waals surface area contributed by atoms with Gasteiger partial charge in [-0.25, -0.2) is 8.42 Å². The Kier molecular flexibility index (Phi) is 11.4. The quantitative estimate of drug-likeness (QED) is 0.192. The van der Waals surface area contributed by atoms with Gasteiger partial charge >= 0.3 is 0 Å². The van der Waals surface area contributed by atoms with Crippen LogP contribution >= 0.6 is 11.6 Å². The lowest BCUT2D eigenvalue weighted by atomic mass is 10.0. The smallest absolute Gasteiger partial charge is 0.264 e. The molecule has 1 atom stereocenters. The number of hydrogen-bond acceptors (Lipinski definition) is 5. The zero-order valence-electron chi connectivity index (χ0n) is 24.7. The van der Waals surface area contributed by atoms with E-state index in [1.165, 1.54) is 30.2 Å². The molecule has 4 aromatic rings. The molecule has 0 spiro atoms. The lowest BCUT2D eigenvalue weighted by Gasteiger charge is -2.34. The van der Waals surface area contributed by atoms with E-state index in [0.717, 1.165) is 21.9 Å². The topological polar surface area (TPSA) is 96.0 Å². The van der Waals surface area contributed by atoms with Gasteiger partial charge in [0.05, 0.1) is 17.7 Å². The van der Waals surface area contributed by atoms with E-state index in [9.17, 15) is 18.0 Å². The zero-order chi connectivity index (χ0) is 31.5. The number of benzene rings is 4. The third-order valence-electron chi connectivity index (χ3n) is 7.04. The van der Waals surface area contributed by atoms with Crippen LogP contribution in [0.3, 0.4) is 0 Å². The Balaban J connectivity index is 1.78. The number of nitrogens with one attached hydrogen (secondary N) is 1. The van der Waals surface area contributed by atoms with Crippen LogP contribution in [-0.2, 0) is 32.6 Å². The Labute approximate surface area is 264 Å². The minimum absolute atomic E-state index is 0.0257. The van der Waals surface area contributed by atoms with Crippen LogP contribution in [0.1, 0.15) is 24.5 Å². The molecule has 0 aliphatic rings. The molecule has 0 fully saturated rings. The van der Waals surface area contributed by atoms with E-state index in [-0.39, 0.29) is 29.5 Å². The van der Waals surface area contributed by atoms with Gasteiger partial charge in [-0.05, 0) is 60.0 Å². The predicted molar refractivity (Wildman–Crippen MR) is 173 cm³/mol. The first kappa shape index (κ1) is 32.6. The summed E-state index contributed by atoms with van der Waals surface area (Å²) in [5, 5.41) is 3.25. The highest BCUT2D eigenvalue weighted by molar-refractivity contribution is 7.92. The van der Waals surface area contributed by atoms with Crippen LogP contribution in [0, 0.1) is 0 Å². The Hall–Kier alpha value is -4.34. The molecule has 4 rings (SSSR count). The lowest BCUT2D eigenvalue weighted by Crippen LogP contribution is -2.53. The molecule has 0 radical (unpaired) electrons. The molecule has 1 N–H and O–H groups in total. The normalized spacial score (nSPS) is 11.8. The average Bonchev–Trinajstić information content (AvgIpc) is 3.04. The summed E-state index contributed by atoms with van der Waals surface area (Å²) in [6.07, 6.45) is 0.969. The van der Waals surface area contributed by atoms with Crippen LogP contribution in [0.5, 0.6) is 5.75 Å². The van der Waals surface area contributed by atoms with Crippen LogP contribution in [-0.4, -0.2) is 51.4 Å². The number of halogens is 1. The molecule has 0 saturated heterocycles. The van der Waals surface area contributed by atoms with Gasteiger partial charge in [0.1, 0.15) is 18.3 Å². The van der Waals surface area contributed by atoms with Crippen molar-refractivity contribution in [1.29, 1.82) is 0 Å². The number of nitrogens with zero attached hydrogens (tertiary/aromatic N) is 2. The molecular formula is C34H36ClN3O5S. The SMILES string of the molecule is CCCNC(=O)[C@H](Cc1ccccc1)N(Cc1ccccc1)C(=O)CN(c1cccc(Cl)c1)S(=O)(=O)c1ccc(OC)cc1. The largest absolute Gasteiger partial charge is 0.497 e. The van der Waals surface area contributed by atoms with Crippen molar-refractivity contribution < 1.29 is 22.7 Å². The molecule has 0 aromatic heterocycles. The van der Waals surface area contributed by atoms with E-state index in [1.54, 1.807) is 30.3 Å². The van der Waals surface area contributed by atoms with Crippen LogP contribution in [0.4, 0.5) is 5.69 Å². The van der Waals surface area contributed by atoms with Gasteiger partial charge in [0.25, 0.3) is 10.0 Å². The number of ether oxygens (including phenoxy) is 1. The maximum absolute atomic E-state index is 14.4. The molecule has 0 aliphatic carbocycles. The maximum Gasteiger partial charge on any atom is 0.264 e. The molecule has 44 heavy (non-hydrogen) atoms. The number of hydrogen-bond donors (Lipinski definition) is 1. The van der Waals surface area contributed by atoms with Gasteiger partial charge in [0.15, 0.2) is 0 Å². The Bertz CT molecular complexity index is 1630. The summed E-state index contributed by atoms with van der Waals surface area (Å²) in [5.41, 5.74) is 1.89. The van der Waals surface area contributed by atoms with E-state index in [4.69, 9.17) is 16.3 Å². The molecule has 0 aliphatic heterocycles. The second-order valence-electron chi connectivity index (χ2n) is 10.2. The fourth-order valence-corrected chi connectivity index (χ4v) is 6.33. The number of rotatable bonds is 14.